The molecule has 0 saturated heterocycles. The number of quaternary nitrogens is 1. The van der Waals surface area contributed by atoms with Crippen molar-refractivity contribution in [1.29, 1.82) is 0 Å². The maximum Gasteiger partial charge on any atom is 0.361 e. The van der Waals surface area contributed by atoms with Crippen molar-refractivity contribution in [1.82, 2.24) is 0 Å². The van der Waals surface area contributed by atoms with Crippen LogP contribution in [0.1, 0.15) is 168 Å². The van der Waals surface area contributed by atoms with Crippen molar-refractivity contribution >= 4 is 17.9 Å². The number of unbranched alkanes of at least 4 members (excludes halogenated alkanes) is 4. The second-order valence-corrected chi connectivity index (χ2v) is 19.8. The Morgan fingerprint density at radius 2 is 0.671 bits per heavy atom. The second kappa shape index (κ2) is 58.3. The van der Waals surface area contributed by atoms with E-state index in [1.165, 1.54) is 0 Å². The van der Waals surface area contributed by atoms with Gasteiger partial charge in [0.05, 0.1) is 34.4 Å². The number of nitrogens with zero attached hydrogens (tertiary/aromatic N) is 1. The van der Waals surface area contributed by atoms with Crippen LogP contribution in [-0.4, -0.2) is 87.4 Å². The number of ether oxygens (including phenoxy) is 4. The smallest absolute Gasteiger partial charge is 0.361 e. The normalized spacial score (nSPS) is 14.2. The van der Waals surface area contributed by atoms with Gasteiger partial charge in [-0.25, -0.2) is 4.79 Å². The molecule has 0 amide bonds. The predicted molar refractivity (Wildman–Crippen MR) is 335 cm³/mol. The van der Waals surface area contributed by atoms with Gasteiger partial charge in [-0.2, -0.15) is 0 Å². The van der Waals surface area contributed by atoms with Gasteiger partial charge in [-0.3, -0.25) is 9.59 Å². The topological polar surface area (TPSA) is 108 Å². The number of esters is 2. The molecule has 0 rings (SSSR count). The van der Waals surface area contributed by atoms with Crippen molar-refractivity contribution in [2.45, 2.75) is 180 Å². The van der Waals surface area contributed by atoms with E-state index in [-0.39, 0.29) is 32.7 Å². The third-order valence-electron chi connectivity index (χ3n) is 11.3. The van der Waals surface area contributed by atoms with E-state index < -0.39 is 30.3 Å². The van der Waals surface area contributed by atoms with Gasteiger partial charge in [-0.05, 0) is 141 Å². The molecule has 0 fully saturated rings. The zero-order valence-electron chi connectivity index (χ0n) is 49.7. The van der Waals surface area contributed by atoms with E-state index in [0.717, 1.165) is 128 Å². The third-order valence-corrected chi connectivity index (χ3v) is 11.3. The predicted octanol–water partition coefficient (Wildman–Crippen LogP) is 17.9. The molecule has 0 radical (unpaired) electrons. The molecule has 0 heterocycles. The fraction of sp³-hybridized carbons (Fsp3) is 0.500. The van der Waals surface area contributed by atoms with Crippen LogP contribution in [0, 0.1) is 0 Å². The van der Waals surface area contributed by atoms with Gasteiger partial charge >= 0.3 is 17.9 Å². The molecule has 2 atom stereocenters. The molecule has 0 aliphatic heterocycles. The highest BCUT2D eigenvalue weighted by Crippen LogP contribution is 2.10. The lowest BCUT2D eigenvalue weighted by atomic mass is 10.1. The number of carbonyl (C=O) groups is 3. The number of carboxylic acids is 1. The summed E-state index contributed by atoms with van der Waals surface area (Å²) in [5, 5.41) is 9.69. The highest BCUT2D eigenvalue weighted by atomic mass is 16.7. The van der Waals surface area contributed by atoms with E-state index in [0.29, 0.717) is 23.9 Å². The summed E-state index contributed by atoms with van der Waals surface area (Å²) in [6.07, 6.45) is 88.2. The molecule has 0 aliphatic carbocycles. The molecule has 0 aromatic carbocycles. The molecule has 0 saturated carbocycles. The summed E-state index contributed by atoms with van der Waals surface area (Å²) in [7, 11) is 5.92. The SMILES string of the molecule is CC/C=C\C/C=C\C/C=C\C/C=C\C/C=C\C/C=C\C/C=C\C/C=C\C/C=C\C/C=C\C/C=C\C/C=C\CCCCC(=O)OC(COC(=O)CCCC/C=C\C/C=C\C/C=C\C/C=C\CC)COC(OCC[N+](C)(C)C)C(=O)O. The summed E-state index contributed by atoms with van der Waals surface area (Å²) in [6, 6.07) is 0. The second-order valence-electron chi connectivity index (χ2n) is 19.8. The zero-order chi connectivity index (χ0) is 57.6. The molecule has 0 bridgehead atoms. The number of allylic oxidation sites excluding steroid dienone is 32. The van der Waals surface area contributed by atoms with Crippen molar-refractivity contribution in [2.24, 2.45) is 0 Å². The molecule has 9 nitrogen and oxygen atoms in total. The first-order valence-corrected chi connectivity index (χ1v) is 29.6. The quantitative estimate of drug-likeness (QED) is 0.0211. The maximum atomic E-state index is 12.8. The standard InChI is InChI=1S/C70H105NO8/c1-6-8-10-12-14-16-18-20-22-23-24-25-26-27-28-29-30-31-32-33-34-35-36-37-38-39-40-41-42-43-44-45-47-49-51-53-55-57-59-61-68(73)79-66(65-78-70(69(74)75)76-63-62-71(3,4)5)64-77-67(72)60-58-56-54-52-50-48-46-21-19-17-15-13-11-9-7-2/h8-11,14-17,20-22,24-25,27-28,30-31,33-34,36-37,39-40,42-43,45-47,50-53,66,70H,6-7,12-13,18-19,23,26,29,32,35,38,41,44,48-49,54-65H2,1-5H3/p+1/b10-8-,11-9-,16-14-,17-15-,22-20-,25-24-,28-27-,31-30-,34-33-,37-36-,40-39-,43-42-,46-21-,47-45-,52-50-,53-51-. The first kappa shape index (κ1) is 73.1. The van der Waals surface area contributed by atoms with Crippen molar-refractivity contribution in [3.63, 3.8) is 0 Å². The van der Waals surface area contributed by atoms with Crippen LogP contribution in [0.2, 0.25) is 0 Å². The Kier molecular flexibility index (Phi) is 54.0. The molecule has 0 aromatic rings. The Morgan fingerprint density at radius 1 is 0.380 bits per heavy atom. The highest BCUT2D eigenvalue weighted by molar-refractivity contribution is 5.71. The lowest BCUT2D eigenvalue weighted by Crippen LogP contribution is -2.40. The van der Waals surface area contributed by atoms with Gasteiger partial charge in [0.2, 0.25) is 0 Å². The highest BCUT2D eigenvalue weighted by Gasteiger charge is 2.25. The molecule has 438 valence electrons. The number of carboxylic acid groups (broad SMARTS) is 1. The summed E-state index contributed by atoms with van der Waals surface area (Å²) in [5.41, 5.74) is 0. The lowest BCUT2D eigenvalue weighted by Gasteiger charge is -2.25. The minimum atomic E-state index is -1.55. The number of aliphatic carboxylic acids is 1. The summed E-state index contributed by atoms with van der Waals surface area (Å²) in [6.45, 7) is 4.49. The Labute approximate surface area is 481 Å². The van der Waals surface area contributed by atoms with Crippen LogP contribution in [0.3, 0.4) is 0 Å². The van der Waals surface area contributed by atoms with Crippen LogP contribution in [0.15, 0.2) is 194 Å². The van der Waals surface area contributed by atoms with Gasteiger partial charge in [0.25, 0.3) is 6.29 Å². The summed E-state index contributed by atoms with van der Waals surface area (Å²) < 4.78 is 22.7. The van der Waals surface area contributed by atoms with Gasteiger partial charge in [0.1, 0.15) is 13.2 Å². The van der Waals surface area contributed by atoms with Gasteiger partial charge in [0.15, 0.2) is 6.10 Å². The third kappa shape index (κ3) is 59.6. The monoisotopic (exact) mass is 1090 g/mol. The number of rotatable bonds is 51. The number of hydrogen-bond donors (Lipinski definition) is 1. The van der Waals surface area contributed by atoms with Gasteiger partial charge in [-0.15, -0.1) is 0 Å². The molecule has 0 aliphatic rings. The van der Waals surface area contributed by atoms with Crippen LogP contribution in [0.25, 0.3) is 0 Å². The maximum absolute atomic E-state index is 12.8. The lowest BCUT2D eigenvalue weighted by molar-refractivity contribution is -0.870. The largest absolute Gasteiger partial charge is 0.477 e. The van der Waals surface area contributed by atoms with Crippen LogP contribution >= 0.6 is 0 Å². The number of hydrogen-bond acceptors (Lipinski definition) is 7. The first-order chi connectivity index (χ1) is 38.6. The van der Waals surface area contributed by atoms with E-state index in [1.807, 2.05) is 21.1 Å². The van der Waals surface area contributed by atoms with Crippen molar-refractivity contribution in [3.05, 3.63) is 194 Å². The molecule has 0 spiro atoms. The zero-order valence-corrected chi connectivity index (χ0v) is 49.7. The number of likely N-dealkylation sites (N-methyl/N-ethyl adjacent to an activating group) is 1. The Balaban J connectivity index is 4.36. The Bertz CT molecular complexity index is 1990. The van der Waals surface area contributed by atoms with E-state index >= 15 is 0 Å². The minimum absolute atomic E-state index is 0.160. The molecule has 2 unspecified atom stereocenters. The molecule has 1 N–H and O–H groups in total. The molecule has 9 heteroatoms. The van der Waals surface area contributed by atoms with Crippen LogP contribution in [-0.2, 0) is 33.3 Å². The molecular formula is C70H106NO8+. The Hall–Kier alpha value is -5.87. The fourth-order valence-electron chi connectivity index (χ4n) is 6.86. The molecule has 0 aromatic heterocycles. The molecular weight excluding hydrogens is 983 g/mol. The van der Waals surface area contributed by atoms with E-state index in [4.69, 9.17) is 18.9 Å². The van der Waals surface area contributed by atoms with Gasteiger partial charge in [0, 0.05) is 12.8 Å². The minimum Gasteiger partial charge on any atom is -0.477 e. The van der Waals surface area contributed by atoms with E-state index in [1.54, 1.807) is 0 Å². The van der Waals surface area contributed by atoms with Crippen LogP contribution in [0.5, 0.6) is 0 Å². The van der Waals surface area contributed by atoms with Gasteiger partial charge < -0.3 is 28.5 Å². The van der Waals surface area contributed by atoms with Crippen LogP contribution < -0.4 is 0 Å². The first-order valence-electron chi connectivity index (χ1n) is 29.6. The summed E-state index contributed by atoms with van der Waals surface area (Å²) in [4.78, 5) is 37.3. The summed E-state index contributed by atoms with van der Waals surface area (Å²) in [5.74, 6) is -2.15. The Morgan fingerprint density at radius 3 is 0.962 bits per heavy atom. The van der Waals surface area contributed by atoms with E-state index in [9.17, 15) is 19.5 Å². The van der Waals surface area contributed by atoms with Crippen molar-refractivity contribution in [2.75, 3.05) is 47.5 Å². The summed E-state index contributed by atoms with van der Waals surface area (Å²) >= 11 is 0. The average Bonchev–Trinajstić information content (AvgIpc) is 3.42. The van der Waals surface area contributed by atoms with E-state index in [2.05, 4.69) is 208 Å². The average molecular weight is 1090 g/mol. The van der Waals surface area contributed by atoms with Gasteiger partial charge in [-0.1, -0.05) is 208 Å². The fourth-order valence-corrected chi connectivity index (χ4v) is 6.86. The van der Waals surface area contributed by atoms with Crippen molar-refractivity contribution in [3.8, 4) is 0 Å². The van der Waals surface area contributed by atoms with Crippen LogP contribution in [0.4, 0.5) is 0 Å². The number of carbonyl (C=O) groups excluding carboxylic acids is 2. The molecule has 79 heavy (non-hydrogen) atoms. The van der Waals surface area contributed by atoms with Crippen molar-refractivity contribution < 1.29 is 42.9 Å².